The van der Waals surface area contributed by atoms with Crippen LogP contribution in [0.1, 0.15) is 267 Å². The molecule has 0 heterocycles. The fraction of sp³-hybridized carbons (Fsp3) is 1.00. The molecule has 0 radical (unpaired) electrons. The van der Waals surface area contributed by atoms with Crippen LogP contribution >= 0.6 is 0 Å². The minimum Gasteiger partial charge on any atom is -0.0628 e. The van der Waals surface area contributed by atoms with Crippen LogP contribution in [0, 0.1) is 59.2 Å². The molecule has 0 amide bonds. The van der Waals surface area contributed by atoms with Gasteiger partial charge in [0.15, 0.2) is 0 Å². The molecular weight excluding hydrogens is 601 g/mol. The molecule has 50 heavy (non-hydrogen) atoms. The maximum Gasteiger partial charge on any atom is -0.0471 e. The molecule has 0 atom stereocenters. The highest BCUT2D eigenvalue weighted by Gasteiger charge is 1.99. The second-order valence-corrected chi connectivity index (χ2v) is 20.4. The van der Waals surface area contributed by atoms with Crippen molar-refractivity contribution in [1.29, 1.82) is 0 Å². The van der Waals surface area contributed by atoms with E-state index < -0.39 is 0 Å². The summed E-state index contributed by atoms with van der Waals surface area (Å²) in [4.78, 5) is 0. The van der Waals surface area contributed by atoms with E-state index in [9.17, 15) is 0 Å². The third-order valence-electron chi connectivity index (χ3n) is 9.07. The molecule has 310 valence electrons. The van der Waals surface area contributed by atoms with Gasteiger partial charge in [0.05, 0.1) is 0 Å². The van der Waals surface area contributed by atoms with E-state index >= 15 is 0 Å². The van der Waals surface area contributed by atoms with Crippen LogP contribution in [0.5, 0.6) is 0 Å². The average molecular weight is 711 g/mol. The molecule has 0 fully saturated rings. The van der Waals surface area contributed by atoms with Crippen LogP contribution in [0.4, 0.5) is 0 Å². The van der Waals surface area contributed by atoms with Crippen LogP contribution in [0.25, 0.3) is 0 Å². The van der Waals surface area contributed by atoms with E-state index in [4.69, 9.17) is 0 Å². The SMILES string of the molecule is CC(C)CCC(C)C.CC(C)CCCC(C)C.CC(C)CCCCC(C)C.CC(C)CCCCCC(C)C.CC(C)CCCCCCC(C)C. The fourth-order valence-electron chi connectivity index (χ4n) is 5.45. The second kappa shape index (κ2) is 45.2. The Hall–Kier alpha value is 0. The summed E-state index contributed by atoms with van der Waals surface area (Å²) in [6.07, 6.45) is 28.4. The Morgan fingerprint density at radius 2 is 0.260 bits per heavy atom. The molecule has 0 bridgehead atoms. The van der Waals surface area contributed by atoms with Crippen LogP contribution in [-0.2, 0) is 0 Å². The zero-order valence-corrected chi connectivity index (χ0v) is 39.9. The molecule has 0 aliphatic rings. The van der Waals surface area contributed by atoms with Gasteiger partial charge >= 0.3 is 0 Å². The molecule has 0 aromatic rings. The number of unbranched alkanes of at least 4 members (excludes halogenated alkanes) is 6. The molecule has 0 N–H and O–H groups in total. The van der Waals surface area contributed by atoms with E-state index in [0.717, 1.165) is 59.2 Å². The van der Waals surface area contributed by atoms with Gasteiger partial charge in [-0.15, -0.1) is 0 Å². The first-order chi connectivity index (χ1) is 23.1. The predicted octanol–water partition coefficient (Wildman–Crippen LogP) is 19.3. The van der Waals surface area contributed by atoms with Gasteiger partial charge < -0.3 is 0 Å². The predicted molar refractivity (Wildman–Crippen MR) is 241 cm³/mol. The normalized spacial score (nSPS) is 11.4. The van der Waals surface area contributed by atoms with Gasteiger partial charge in [-0.2, -0.15) is 0 Å². The van der Waals surface area contributed by atoms with Crippen molar-refractivity contribution < 1.29 is 0 Å². The van der Waals surface area contributed by atoms with Gasteiger partial charge in [-0.1, -0.05) is 267 Å². The molecule has 0 unspecified atom stereocenters. The van der Waals surface area contributed by atoms with Crippen molar-refractivity contribution in [2.24, 2.45) is 59.2 Å². The van der Waals surface area contributed by atoms with E-state index in [1.54, 1.807) is 0 Å². The summed E-state index contributed by atoms with van der Waals surface area (Å²) >= 11 is 0. The maximum atomic E-state index is 2.31. The van der Waals surface area contributed by atoms with Gasteiger partial charge in [0.25, 0.3) is 0 Å². The first kappa shape index (κ1) is 59.3. The number of hydrogen-bond acceptors (Lipinski definition) is 0. The smallest absolute Gasteiger partial charge is 0.0471 e. The van der Waals surface area contributed by atoms with Crippen LogP contribution in [0.2, 0.25) is 0 Å². The minimum atomic E-state index is 0.886. The Kier molecular flexibility index (Phi) is 53.5. The van der Waals surface area contributed by atoms with Crippen molar-refractivity contribution in [2.45, 2.75) is 267 Å². The van der Waals surface area contributed by atoms with Gasteiger partial charge in [-0.05, 0) is 59.2 Å². The lowest BCUT2D eigenvalue weighted by atomic mass is 10.0. The Morgan fingerprint density at radius 3 is 0.420 bits per heavy atom. The van der Waals surface area contributed by atoms with Crippen LogP contribution in [-0.4, -0.2) is 0 Å². The zero-order chi connectivity index (χ0) is 39.9. The first-order valence-corrected chi connectivity index (χ1v) is 23.1. The molecule has 0 spiro atoms. The maximum absolute atomic E-state index is 2.31. The van der Waals surface area contributed by atoms with Crippen LogP contribution in [0.15, 0.2) is 0 Å². The highest BCUT2D eigenvalue weighted by molar-refractivity contribution is 4.53. The summed E-state index contributed by atoms with van der Waals surface area (Å²) in [7, 11) is 0. The molecule has 0 aromatic heterocycles. The van der Waals surface area contributed by atoms with E-state index in [2.05, 4.69) is 138 Å². The van der Waals surface area contributed by atoms with Crippen molar-refractivity contribution in [3.8, 4) is 0 Å². The minimum absolute atomic E-state index is 0.886. The summed E-state index contributed by atoms with van der Waals surface area (Å²) in [5, 5.41) is 0. The van der Waals surface area contributed by atoms with Gasteiger partial charge in [0, 0.05) is 0 Å². The Labute approximate surface area is 325 Å². The zero-order valence-electron chi connectivity index (χ0n) is 39.9. The van der Waals surface area contributed by atoms with Crippen LogP contribution in [0.3, 0.4) is 0 Å². The average Bonchev–Trinajstić information content (AvgIpc) is 2.96. The largest absolute Gasteiger partial charge is 0.0628 e. The van der Waals surface area contributed by atoms with E-state index in [1.165, 1.54) is 128 Å². The first-order valence-electron chi connectivity index (χ1n) is 23.1. The molecule has 0 heteroatoms. The third kappa shape index (κ3) is 86.6. The van der Waals surface area contributed by atoms with Gasteiger partial charge in [0.2, 0.25) is 0 Å². The van der Waals surface area contributed by atoms with Crippen molar-refractivity contribution in [3.63, 3.8) is 0 Å². The van der Waals surface area contributed by atoms with E-state index in [-0.39, 0.29) is 0 Å². The van der Waals surface area contributed by atoms with E-state index in [1.807, 2.05) is 0 Å². The van der Waals surface area contributed by atoms with Gasteiger partial charge in [-0.3, -0.25) is 0 Å². The standard InChI is InChI=1S/C12H26.C11H24.C10H22.C9H20.C8H18/c1-11(2)9-7-5-6-8-10-12(3)4;1-10(2)8-6-5-7-9-11(3)4;1-9(2)7-5-6-8-10(3)4;1-8(2)6-5-7-9(3)4;1-7(2)5-6-8(3)4/h11-12H,5-10H2,1-4H3;10-11H,5-9H2,1-4H3;9-10H,5-8H2,1-4H3;8-9H,5-7H2,1-4H3;7-8H,5-6H2,1-4H3. The molecule has 0 aromatic carbocycles. The van der Waals surface area contributed by atoms with Crippen LogP contribution < -0.4 is 0 Å². The second-order valence-electron chi connectivity index (χ2n) is 20.4. The summed E-state index contributed by atoms with van der Waals surface area (Å²) in [6.45, 7) is 46.0. The Balaban J connectivity index is -0.000000170. The Bertz CT molecular complexity index is 496. The monoisotopic (exact) mass is 711 g/mol. The number of rotatable bonds is 25. The summed E-state index contributed by atoms with van der Waals surface area (Å²) in [6, 6.07) is 0. The van der Waals surface area contributed by atoms with Crippen molar-refractivity contribution in [3.05, 3.63) is 0 Å². The fourth-order valence-corrected chi connectivity index (χ4v) is 5.45. The third-order valence-corrected chi connectivity index (χ3v) is 9.07. The van der Waals surface area contributed by atoms with Crippen molar-refractivity contribution in [2.75, 3.05) is 0 Å². The summed E-state index contributed by atoms with van der Waals surface area (Å²) < 4.78 is 0. The molecule has 0 aliphatic carbocycles. The lowest BCUT2D eigenvalue weighted by Gasteiger charge is -2.05. The summed E-state index contributed by atoms with van der Waals surface area (Å²) in [5.41, 5.74) is 0. The van der Waals surface area contributed by atoms with Crippen molar-refractivity contribution in [1.82, 2.24) is 0 Å². The summed E-state index contributed by atoms with van der Waals surface area (Å²) in [5.74, 6) is 8.94. The molecular formula is C50H110. The van der Waals surface area contributed by atoms with Gasteiger partial charge in [0.1, 0.15) is 0 Å². The molecule has 0 nitrogen and oxygen atoms in total. The van der Waals surface area contributed by atoms with Gasteiger partial charge in [-0.25, -0.2) is 0 Å². The number of hydrogen-bond donors (Lipinski definition) is 0. The Morgan fingerprint density at radius 1 is 0.140 bits per heavy atom. The molecule has 0 saturated carbocycles. The lowest BCUT2D eigenvalue weighted by molar-refractivity contribution is 0.476. The van der Waals surface area contributed by atoms with E-state index in [0.29, 0.717) is 0 Å². The molecule has 0 aliphatic heterocycles. The highest BCUT2D eigenvalue weighted by Crippen LogP contribution is 2.15. The quantitative estimate of drug-likeness (QED) is 0.0828. The molecule has 0 saturated heterocycles. The lowest BCUT2D eigenvalue weighted by Crippen LogP contribution is -1.91. The highest BCUT2D eigenvalue weighted by atomic mass is 14.1. The topological polar surface area (TPSA) is 0 Å². The van der Waals surface area contributed by atoms with Crippen molar-refractivity contribution >= 4 is 0 Å². The molecule has 0 rings (SSSR count).